The SMILES string of the molecule is [2H]C([2H])([2H])C([2H])([2H])C([2H])(C([2H])([2H])[2H])C([2H])([2H])C([2H])([2H])C([2H])([2H])C([2H])([2H])C([2H])([2H])C([2H])([2H])C([2H])([2H])C([2H])([2H])C([2H])([2H])C([2H])([2H])C([2H])([2H])C([2H])([2H])C([2H])([2H])C([2H])([2H])C([2H])([2H])C([2H])([2H])C(=O)O. The first kappa shape index (κ1) is 2.65. The zero-order valence-electron chi connectivity index (χ0n) is 52.4. The van der Waals surface area contributed by atoms with Crippen LogP contribution in [-0.4, -0.2) is 11.1 Å². The fourth-order valence-corrected chi connectivity index (χ4v) is 0.585. The molecule has 0 rings (SSSR count). The van der Waals surface area contributed by atoms with Gasteiger partial charge >= 0.3 is 5.97 Å². The molecular formula is C21H42O2. The second kappa shape index (κ2) is 17.8. The first-order valence-electron chi connectivity index (χ1n) is 25.9. The van der Waals surface area contributed by atoms with Crippen LogP contribution in [0.5, 0.6) is 0 Å². The largest absolute Gasteiger partial charge is 0.481 e. The highest BCUT2D eigenvalue weighted by atomic mass is 16.4. The standard InChI is InChI=1S/C21H42O2/c1-3-20(2)18-16-14-12-10-8-6-4-5-7-9-11-13-15-17-19-21(22)23/h20H,3-19H2,1-2H3,(H,22,23)/i1D3,2D3,3D2,4D2,5D2,6D2,7D2,8D2,9D2,10D2,11D2,12D2,13D2,14D2,15D2,16D2,17D2,18D2,19D2,20D. The van der Waals surface area contributed by atoms with Gasteiger partial charge in [-0.1, -0.05) is 109 Å². The molecule has 0 bridgehead atoms. The van der Waals surface area contributed by atoms with Crippen LogP contribution in [-0.2, 0) is 4.79 Å². The Bertz CT molecular complexity index is 1740. The van der Waals surface area contributed by atoms with Crippen molar-refractivity contribution < 1.29 is 66.1 Å². The number of carboxylic acids is 1. The van der Waals surface area contributed by atoms with Gasteiger partial charge in [0.1, 0.15) is 0 Å². The molecule has 0 aliphatic heterocycles. The molecule has 23 heavy (non-hydrogen) atoms. The first-order chi connectivity index (χ1) is 26.7. The Morgan fingerprint density at radius 2 is 1.30 bits per heavy atom. The van der Waals surface area contributed by atoms with Crippen LogP contribution in [0.2, 0.25) is 0 Å². The lowest BCUT2D eigenvalue weighted by Crippen LogP contribution is -1.93. The van der Waals surface area contributed by atoms with E-state index < -0.39 is 134 Å². The van der Waals surface area contributed by atoms with Crippen molar-refractivity contribution in [3.63, 3.8) is 0 Å². The zero-order chi connectivity index (χ0) is 53.6. The summed E-state index contributed by atoms with van der Waals surface area (Å²) in [6, 6.07) is 0. The van der Waals surface area contributed by atoms with Crippen LogP contribution in [0.4, 0.5) is 0 Å². The van der Waals surface area contributed by atoms with Gasteiger partial charge in [-0.3, -0.25) is 4.79 Å². The summed E-state index contributed by atoms with van der Waals surface area (Å²) in [5, 5.41) is 9.12. The predicted molar refractivity (Wildman–Crippen MR) is 101 cm³/mol. The Hall–Kier alpha value is -0.530. The third-order valence-corrected chi connectivity index (χ3v) is 1.29. The van der Waals surface area contributed by atoms with E-state index in [1.165, 1.54) is 0 Å². The molecule has 1 N–H and O–H groups in total. The van der Waals surface area contributed by atoms with E-state index in [4.69, 9.17) is 61.3 Å². The average Bonchev–Trinajstić information content (AvgIpc) is 3.04. The van der Waals surface area contributed by atoms with Crippen LogP contribution in [0.3, 0.4) is 0 Å². The molecule has 0 saturated heterocycles. The van der Waals surface area contributed by atoms with Crippen molar-refractivity contribution in [2.75, 3.05) is 0 Å². The second-order valence-electron chi connectivity index (χ2n) is 2.81. The summed E-state index contributed by atoms with van der Waals surface area (Å²) >= 11 is 0. The second-order valence-corrected chi connectivity index (χ2v) is 2.81. The Labute approximate surface area is 203 Å². The summed E-state index contributed by atoms with van der Waals surface area (Å²) in [5.41, 5.74) is 0. The van der Waals surface area contributed by atoms with E-state index in [1.807, 2.05) is 0 Å². The molecular weight excluding hydrogens is 284 g/mol. The summed E-state index contributed by atoms with van der Waals surface area (Å²) in [5.74, 6) is -7.91. The van der Waals surface area contributed by atoms with E-state index in [0.29, 0.717) is 0 Å². The molecule has 0 fully saturated rings. The lowest BCUT2D eigenvalue weighted by Gasteiger charge is -2.07. The molecule has 0 aliphatic rings. The smallest absolute Gasteiger partial charge is 0.303 e. The van der Waals surface area contributed by atoms with Crippen molar-refractivity contribution in [3.8, 4) is 0 Å². The van der Waals surface area contributed by atoms with Gasteiger partial charge in [0.15, 0.2) is 0 Å². The van der Waals surface area contributed by atoms with Crippen molar-refractivity contribution in [2.24, 2.45) is 5.89 Å². The van der Waals surface area contributed by atoms with Crippen molar-refractivity contribution >= 4 is 5.97 Å². The number of rotatable bonds is 18. The third-order valence-electron chi connectivity index (χ3n) is 1.29. The molecule has 1 atom stereocenters. The Morgan fingerprint density at radius 1 is 0.870 bits per heavy atom. The number of carboxylic acid groups (broad SMARTS) is 1. The molecule has 0 aliphatic carbocycles. The molecule has 0 heterocycles. The fourth-order valence-electron chi connectivity index (χ4n) is 0.585. The molecule has 0 aromatic carbocycles. The number of hydrogen-bond donors (Lipinski definition) is 1. The summed E-state index contributed by atoms with van der Waals surface area (Å²) < 4.78 is 329. The molecule has 2 nitrogen and oxygen atoms in total. The maximum Gasteiger partial charge on any atom is 0.303 e. The third kappa shape index (κ3) is 19.4. The van der Waals surface area contributed by atoms with Gasteiger partial charge < -0.3 is 5.11 Å². The minimum Gasteiger partial charge on any atom is -0.481 e. The minimum absolute atomic E-state index is 2.85. The molecule has 0 saturated carbocycles. The van der Waals surface area contributed by atoms with Crippen LogP contribution in [0.25, 0.3) is 0 Å². The van der Waals surface area contributed by atoms with Crippen molar-refractivity contribution in [1.29, 1.82) is 0 Å². The summed E-state index contributed by atoms with van der Waals surface area (Å²) in [6.45, 7) is -9.07. The Balaban J connectivity index is 8.15. The summed E-state index contributed by atoms with van der Waals surface area (Å²) in [6.07, 6.45) is -88.3. The van der Waals surface area contributed by atoms with Gasteiger partial charge in [0.25, 0.3) is 0 Å². The van der Waals surface area contributed by atoms with E-state index in [-0.39, 0.29) is 0 Å². The van der Waals surface area contributed by atoms with E-state index in [9.17, 15) is 4.79 Å². The van der Waals surface area contributed by atoms with E-state index in [1.54, 1.807) is 0 Å². The van der Waals surface area contributed by atoms with Crippen LogP contribution in [0.1, 0.15) is 178 Å². The topological polar surface area (TPSA) is 37.3 Å². The minimum atomic E-state index is -5.42. The maximum atomic E-state index is 11.4. The normalized spacial score (nSPS) is 51.9. The van der Waals surface area contributed by atoms with Gasteiger partial charge in [-0.2, -0.15) is 0 Å². The lowest BCUT2D eigenvalue weighted by atomic mass is 9.99. The molecule has 0 spiro atoms. The highest BCUT2D eigenvalue weighted by Crippen LogP contribution is 2.16. The first-order valence-corrected chi connectivity index (χ1v) is 5.43. The number of carbonyl (C=O) groups is 1. The van der Waals surface area contributed by atoms with E-state index >= 15 is 0 Å². The quantitative estimate of drug-likeness (QED) is 0.275. The molecule has 0 radical (unpaired) electrons. The summed E-state index contributed by atoms with van der Waals surface area (Å²) in [7, 11) is 0. The molecule has 2 heteroatoms. The lowest BCUT2D eigenvalue weighted by molar-refractivity contribution is -0.137. The van der Waals surface area contributed by atoms with Gasteiger partial charge in [-0.15, -0.1) is 0 Å². The van der Waals surface area contributed by atoms with Crippen molar-refractivity contribution in [1.82, 2.24) is 0 Å². The summed E-state index contributed by atoms with van der Waals surface area (Å²) in [4.78, 5) is 11.4. The van der Waals surface area contributed by atoms with Crippen LogP contribution in [0, 0.1) is 5.89 Å². The molecule has 1 unspecified atom stereocenters. The van der Waals surface area contributed by atoms with E-state index in [0.717, 1.165) is 0 Å². The predicted octanol–water partition coefficient (Wildman–Crippen LogP) is 7.36. The Kier molecular flexibility index (Phi) is 2.06. The van der Waals surface area contributed by atoms with Crippen molar-refractivity contribution in [3.05, 3.63) is 0 Å². The molecule has 0 aromatic heterocycles. The van der Waals surface area contributed by atoms with Gasteiger partial charge in [-0.05, 0) is 12.3 Å². The monoisotopic (exact) mass is 368 g/mol. The molecule has 0 amide bonds. The van der Waals surface area contributed by atoms with E-state index in [2.05, 4.69) is 0 Å². The van der Waals surface area contributed by atoms with Gasteiger partial charge in [0, 0.05) is 62.6 Å². The maximum absolute atomic E-state index is 11.4. The average molecular weight is 368 g/mol. The highest BCUT2D eigenvalue weighted by Gasteiger charge is 1.99. The van der Waals surface area contributed by atoms with Gasteiger partial charge in [0.2, 0.25) is 0 Å². The van der Waals surface area contributed by atoms with Crippen LogP contribution >= 0.6 is 0 Å². The number of aliphatic carboxylic acids is 1. The molecule has 138 valence electrons. The Morgan fingerprint density at radius 3 is 1.70 bits per heavy atom. The van der Waals surface area contributed by atoms with Gasteiger partial charge in [0.05, 0.1) is 0 Å². The van der Waals surface area contributed by atoms with Crippen LogP contribution < -0.4 is 0 Å². The fraction of sp³-hybridized carbons (Fsp3) is 0.952. The van der Waals surface area contributed by atoms with Gasteiger partial charge in [-0.25, -0.2) is 0 Å². The van der Waals surface area contributed by atoms with Crippen molar-refractivity contribution in [2.45, 2.75) is 122 Å². The molecule has 0 aromatic rings. The zero-order valence-corrected chi connectivity index (χ0v) is 11.4. The number of hydrogen-bond acceptors (Lipinski definition) is 1. The highest BCUT2D eigenvalue weighted by molar-refractivity contribution is 5.66. The van der Waals surface area contributed by atoms with Crippen LogP contribution in [0.15, 0.2) is 0 Å².